The van der Waals surface area contributed by atoms with Gasteiger partial charge >= 0.3 is 0 Å². The fourth-order valence-corrected chi connectivity index (χ4v) is 2.24. The molecule has 0 aliphatic rings. The summed E-state index contributed by atoms with van der Waals surface area (Å²) >= 11 is 0. The molecule has 0 spiro atoms. The van der Waals surface area contributed by atoms with Gasteiger partial charge in [-0.25, -0.2) is 0 Å². The SMILES string of the molecule is N#Cc1ccc(Cc2conc2-c2ccc(C#N)cc2)cc1. The summed E-state index contributed by atoms with van der Waals surface area (Å²) in [5.74, 6) is 0. The summed E-state index contributed by atoms with van der Waals surface area (Å²) in [5, 5.41) is 21.7. The molecule has 104 valence electrons. The molecule has 0 fully saturated rings. The molecule has 0 amide bonds. The van der Waals surface area contributed by atoms with Crippen LogP contribution in [0.25, 0.3) is 11.3 Å². The summed E-state index contributed by atoms with van der Waals surface area (Å²) in [7, 11) is 0. The Balaban J connectivity index is 1.88. The van der Waals surface area contributed by atoms with Crippen molar-refractivity contribution in [2.45, 2.75) is 6.42 Å². The lowest BCUT2D eigenvalue weighted by Gasteiger charge is -2.02. The Labute approximate surface area is 127 Å². The normalized spacial score (nSPS) is 9.91. The number of hydrogen-bond donors (Lipinski definition) is 0. The van der Waals surface area contributed by atoms with Gasteiger partial charge in [0.25, 0.3) is 0 Å². The van der Waals surface area contributed by atoms with E-state index >= 15 is 0 Å². The van der Waals surface area contributed by atoms with Gasteiger partial charge in [-0.3, -0.25) is 0 Å². The van der Waals surface area contributed by atoms with Gasteiger partial charge in [0.15, 0.2) is 0 Å². The van der Waals surface area contributed by atoms with Crippen LogP contribution in [-0.4, -0.2) is 5.16 Å². The Morgan fingerprint density at radius 3 is 2.05 bits per heavy atom. The van der Waals surface area contributed by atoms with Crippen LogP contribution >= 0.6 is 0 Å². The van der Waals surface area contributed by atoms with Gasteiger partial charge in [-0.05, 0) is 29.8 Å². The van der Waals surface area contributed by atoms with Crippen molar-refractivity contribution in [1.29, 1.82) is 10.5 Å². The van der Waals surface area contributed by atoms with Crippen molar-refractivity contribution in [3.8, 4) is 23.4 Å². The Kier molecular flexibility index (Phi) is 3.68. The van der Waals surface area contributed by atoms with Gasteiger partial charge < -0.3 is 4.52 Å². The summed E-state index contributed by atoms with van der Waals surface area (Å²) in [6.07, 6.45) is 2.30. The monoisotopic (exact) mass is 285 g/mol. The fraction of sp³-hybridized carbons (Fsp3) is 0.0556. The molecule has 0 N–H and O–H groups in total. The van der Waals surface area contributed by atoms with E-state index in [-0.39, 0.29) is 0 Å². The van der Waals surface area contributed by atoms with Crippen LogP contribution < -0.4 is 0 Å². The standard InChI is InChI=1S/C18H11N3O/c19-10-14-3-1-13(2-4-14)9-17-12-22-21-18(17)16-7-5-15(11-20)6-8-16/h1-8,12H,9H2. The number of hydrogen-bond acceptors (Lipinski definition) is 4. The van der Waals surface area contributed by atoms with E-state index in [0.29, 0.717) is 17.5 Å². The third-order valence-electron chi connectivity index (χ3n) is 3.41. The van der Waals surface area contributed by atoms with Crippen molar-refractivity contribution in [3.05, 3.63) is 77.0 Å². The van der Waals surface area contributed by atoms with Crippen LogP contribution in [0.4, 0.5) is 0 Å². The van der Waals surface area contributed by atoms with Crippen molar-refractivity contribution in [2.24, 2.45) is 0 Å². The van der Waals surface area contributed by atoms with Gasteiger partial charge in [0.2, 0.25) is 0 Å². The predicted octanol–water partition coefficient (Wildman–Crippen LogP) is 3.68. The maximum Gasteiger partial charge on any atom is 0.127 e. The quantitative estimate of drug-likeness (QED) is 0.735. The Bertz CT molecular complexity index is 862. The van der Waals surface area contributed by atoms with Crippen molar-refractivity contribution in [3.63, 3.8) is 0 Å². The lowest BCUT2D eigenvalue weighted by Crippen LogP contribution is -1.90. The largest absolute Gasteiger partial charge is 0.364 e. The van der Waals surface area contributed by atoms with Crippen molar-refractivity contribution in [1.82, 2.24) is 5.16 Å². The van der Waals surface area contributed by atoms with E-state index in [2.05, 4.69) is 17.3 Å². The highest BCUT2D eigenvalue weighted by molar-refractivity contribution is 5.63. The molecule has 0 aliphatic heterocycles. The Morgan fingerprint density at radius 1 is 0.864 bits per heavy atom. The van der Waals surface area contributed by atoms with Crippen LogP contribution in [0.15, 0.2) is 59.3 Å². The highest BCUT2D eigenvalue weighted by Gasteiger charge is 2.11. The van der Waals surface area contributed by atoms with Crippen LogP contribution in [0.3, 0.4) is 0 Å². The maximum absolute atomic E-state index is 8.84. The van der Waals surface area contributed by atoms with Crippen molar-refractivity contribution < 1.29 is 4.52 Å². The van der Waals surface area contributed by atoms with Crippen LogP contribution in [0.1, 0.15) is 22.3 Å². The molecule has 4 nitrogen and oxygen atoms in total. The molecule has 0 unspecified atom stereocenters. The molecular weight excluding hydrogens is 274 g/mol. The third-order valence-corrected chi connectivity index (χ3v) is 3.41. The zero-order valence-corrected chi connectivity index (χ0v) is 11.7. The molecule has 2 aromatic carbocycles. The van der Waals surface area contributed by atoms with Gasteiger partial charge in [0.05, 0.1) is 23.3 Å². The van der Waals surface area contributed by atoms with E-state index in [4.69, 9.17) is 15.0 Å². The molecule has 0 aliphatic carbocycles. The number of rotatable bonds is 3. The highest BCUT2D eigenvalue weighted by Crippen LogP contribution is 2.24. The molecule has 3 rings (SSSR count). The molecule has 22 heavy (non-hydrogen) atoms. The zero-order valence-electron chi connectivity index (χ0n) is 11.7. The second kappa shape index (κ2) is 5.95. The molecule has 3 aromatic rings. The minimum Gasteiger partial charge on any atom is -0.364 e. The van der Waals surface area contributed by atoms with E-state index in [1.807, 2.05) is 24.3 Å². The lowest BCUT2D eigenvalue weighted by atomic mass is 10.0. The topological polar surface area (TPSA) is 73.6 Å². The maximum atomic E-state index is 8.84. The van der Waals surface area contributed by atoms with E-state index in [1.54, 1.807) is 30.5 Å². The minimum atomic E-state index is 0.612. The Morgan fingerprint density at radius 2 is 1.45 bits per heavy atom. The first-order valence-electron chi connectivity index (χ1n) is 6.73. The average molecular weight is 285 g/mol. The molecule has 0 saturated heterocycles. The van der Waals surface area contributed by atoms with E-state index < -0.39 is 0 Å². The summed E-state index contributed by atoms with van der Waals surface area (Å²) < 4.78 is 5.11. The molecule has 0 atom stereocenters. The number of benzene rings is 2. The number of aromatic nitrogens is 1. The molecule has 0 bridgehead atoms. The zero-order chi connectivity index (χ0) is 15.4. The first-order chi connectivity index (χ1) is 10.8. The van der Waals surface area contributed by atoms with Gasteiger partial charge in [-0.1, -0.05) is 29.4 Å². The highest BCUT2D eigenvalue weighted by atomic mass is 16.5. The van der Waals surface area contributed by atoms with Crippen LogP contribution in [-0.2, 0) is 6.42 Å². The minimum absolute atomic E-state index is 0.612. The summed E-state index contributed by atoms with van der Waals surface area (Å²) in [5.41, 5.74) is 4.99. The number of nitriles is 2. The lowest BCUT2D eigenvalue weighted by molar-refractivity contribution is 0.421. The summed E-state index contributed by atoms with van der Waals surface area (Å²) in [6.45, 7) is 0. The smallest absolute Gasteiger partial charge is 0.127 e. The molecule has 4 heteroatoms. The molecule has 1 aromatic heterocycles. The summed E-state index contributed by atoms with van der Waals surface area (Å²) in [6, 6.07) is 18.9. The van der Waals surface area contributed by atoms with E-state index in [0.717, 1.165) is 22.4 Å². The third kappa shape index (κ3) is 2.72. The van der Waals surface area contributed by atoms with E-state index in [9.17, 15) is 0 Å². The number of nitrogens with zero attached hydrogens (tertiary/aromatic N) is 3. The van der Waals surface area contributed by atoms with Crippen LogP contribution in [0, 0.1) is 22.7 Å². The van der Waals surface area contributed by atoms with Gasteiger partial charge in [0.1, 0.15) is 12.0 Å². The molecule has 1 heterocycles. The summed E-state index contributed by atoms with van der Waals surface area (Å²) in [4.78, 5) is 0. The van der Waals surface area contributed by atoms with Crippen molar-refractivity contribution >= 4 is 0 Å². The predicted molar refractivity (Wildman–Crippen MR) is 80.6 cm³/mol. The molecule has 0 radical (unpaired) electrons. The van der Waals surface area contributed by atoms with Crippen LogP contribution in [0.2, 0.25) is 0 Å². The van der Waals surface area contributed by atoms with Gasteiger partial charge in [-0.2, -0.15) is 10.5 Å². The van der Waals surface area contributed by atoms with Gasteiger partial charge in [0, 0.05) is 17.5 Å². The van der Waals surface area contributed by atoms with Gasteiger partial charge in [-0.15, -0.1) is 0 Å². The fourth-order valence-electron chi connectivity index (χ4n) is 2.24. The second-order valence-corrected chi connectivity index (χ2v) is 4.86. The van der Waals surface area contributed by atoms with Crippen LogP contribution in [0.5, 0.6) is 0 Å². The Hall–Kier alpha value is -3.37. The average Bonchev–Trinajstić information content (AvgIpc) is 3.04. The first kappa shape index (κ1) is 13.6. The van der Waals surface area contributed by atoms with E-state index in [1.165, 1.54) is 0 Å². The molecule has 0 saturated carbocycles. The van der Waals surface area contributed by atoms with Crippen molar-refractivity contribution in [2.75, 3.05) is 0 Å². The second-order valence-electron chi connectivity index (χ2n) is 4.86. The molecular formula is C18H11N3O. The first-order valence-corrected chi connectivity index (χ1v) is 6.73.